The molecular weight excluding hydrogens is 258 g/mol. The predicted molar refractivity (Wildman–Crippen MR) is 65.9 cm³/mol. The van der Waals surface area contributed by atoms with E-state index in [9.17, 15) is 18.0 Å². The number of carboxylic acid groups (broad SMARTS) is 1. The number of carboxylic acids is 1. The van der Waals surface area contributed by atoms with Gasteiger partial charge in [-0.15, -0.1) is 0 Å². The number of rotatable bonds is 6. The highest BCUT2D eigenvalue weighted by atomic mass is 32.2. The van der Waals surface area contributed by atoms with Crippen LogP contribution in [0.25, 0.3) is 0 Å². The molecule has 18 heavy (non-hydrogen) atoms. The highest BCUT2D eigenvalue weighted by Crippen LogP contribution is 2.18. The summed E-state index contributed by atoms with van der Waals surface area (Å²) in [6.45, 7) is 1.93. The number of carbonyl (C=O) groups is 2. The molecule has 0 aromatic rings. The van der Waals surface area contributed by atoms with Gasteiger partial charge >= 0.3 is 5.97 Å². The molecule has 1 fully saturated rings. The van der Waals surface area contributed by atoms with Gasteiger partial charge in [0, 0.05) is 0 Å². The van der Waals surface area contributed by atoms with Crippen LogP contribution in [0.3, 0.4) is 0 Å². The summed E-state index contributed by atoms with van der Waals surface area (Å²) >= 11 is 0. The molecule has 2 N–H and O–H groups in total. The van der Waals surface area contributed by atoms with Gasteiger partial charge < -0.3 is 10.4 Å². The third kappa shape index (κ3) is 4.29. The van der Waals surface area contributed by atoms with Crippen molar-refractivity contribution in [2.45, 2.75) is 38.6 Å². The van der Waals surface area contributed by atoms with E-state index in [1.165, 1.54) is 0 Å². The van der Waals surface area contributed by atoms with E-state index in [1.807, 2.05) is 6.92 Å². The van der Waals surface area contributed by atoms with Crippen LogP contribution in [-0.2, 0) is 19.4 Å². The number of amides is 1. The van der Waals surface area contributed by atoms with Gasteiger partial charge in [-0.3, -0.25) is 4.79 Å². The lowest BCUT2D eigenvalue weighted by Gasteiger charge is -2.16. The highest BCUT2D eigenvalue weighted by Gasteiger charge is 2.34. The van der Waals surface area contributed by atoms with Crippen LogP contribution >= 0.6 is 0 Å². The smallest absolute Gasteiger partial charge is 0.326 e. The second kappa shape index (κ2) is 6.17. The van der Waals surface area contributed by atoms with Crippen molar-refractivity contribution >= 4 is 21.7 Å². The minimum absolute atomic E-state index is 0.0117. The molecular formula is C11H19NO5S. The van der Waals surface area contributed by atoms with Crippen LogP contribution in [0.4, 0.5) is 0 Å². The number of nitrogens with one attached hydrogen (secondary N) is 1. The molecule has 104 valence electrons. The molecule has 1 rings (SSSR count). The SMILES string of the molecule is CCCC[C@H](NC(=O)C1CCS(=O)(=O)C1)C(=O)O. The molecule has 6 nitrogen and oxygen atoms in total. The normalized spacial score (nSPS) is 23.5. The minimum Gasteiger partial charge on any atom is -0.480 e. The Labute approximate surface area is 107 Å². The van der Waals surface area contributed by atoms with Crippen molar-refractivity contribution in [3.05, 3.63) is 0 Å². The topological polar surface area (TPSA) is 101 Å². The Morgan fingerprint density at radius 1 is 1.44 bits per heavy atom. The Morgan fingerprint density at radius 2 is 2.11 bits per heavy atom. The fourth-order valence-electron chi connectivity index (χ4n) is 1.96. The Bertz CT molecular complexity index is 417. The Kier molecular flexibility index (Phi) is 5.13. The largest absolute Gasteiger partial charge is 0.480 e. The van der Waals surface area contributed by atoms with E-state index in [2.05, 4.69) is 5.32 Å². The number of aliphatic carboxylic acids is 1. The molecule has 0 aliphatic carbocycles. The Balaban J connectivity index is 2.54. The molecule has 0 spiro atoms. The number of unbranched alkanes of at least 4 members (excludes halogenated alkanes) is 1. The molecule has 0 saturated carbocycles. The van der Waals surface area contributed by atoms with Gasteiger partial charge in [-0.1, -0.05) is 19.8 Å². The zero-order valence-electron chi connectivity index (χ0n) is 10.4. The van der Waals surface area contributed by atoms with E-state index in [1.54, 1.807) is 0 Å². The second-order valence-electron chi connectivity index (χ2n) is 4.64. The highest BCUT2D eigenvalue weighted by molar-refractivity contribution is 7.91. The molecule has 1 saturated heterocycles. The third-order valence-corrected chi connectivity index (χ3v) is 4.83. The van der Waals surface area contributed by atoms with Gasteiger partial charge in [-0.25, -0.2) is 13.2 Å². The molecule has 1 aliphatic rings. The summed E-state index contributed by atoms with van der Waals surface area (Å²) in [5, 5.41) is 11.4. The molecule has 1 aliphatic heterocycles. The van der Waals surface area contributed by atoms with Gasteiger partial charge in [0.2, 0.25) is 5.91 Å². The lowest BCUT2D eigenvalue weighted by atomic mass is 10.1. The molecule has 7 heteroatoms. The molecule has 1 heterocycles. The molecule has 0 bridgehead atoms. The summed E-state index contributed by atoms with van der Waals surface area (Å²) in [4.78, 5) is 22.7. The van der Waals surface area contributed by atoms with E-state index in [-0.39, 0.29) is 17.9 Å². The fourth-order valence-corrected chi connectivity index (χ4v) is 3.70. The summed E-state index contributed by atoms with van der Waals surface area (Å²) in [5.41, 5.74) is 0. The molecule has 0 radical (unpaired) electrons. The lowest BCUT2D eigenvalue weighted by molar-refractivity contribution is -0.142. The van der Waals surface area contributed by atoms with E-state index in [0.717, 1.165) is 6.42 Å². The van der Waals surface area contributed by atoms with E-state index < -0.39 is 33.7 Å². The zero-order chi connectivity index (χ0) is 13.8. The first-order chi connectivity index (χ1) is 8.35. The van der Waals surface area contributed by atoms with Gasteiger partial charge in [0.25, 0.3) is 0 Å². The van der Waals surface area contributed by atoms with Crippen LogP contribution in [0.5, 0.6) is 0 Å². The van der Waals surface area contributed by atoms with Crippen LogP contribution in [0.2, 0.25) is 0 Å². The van der Waals surface area contributed by atoms with Crippen molar-refractivity contribution in [1.82, 2.24) is 5.32 Å². The average Bonchev–Trinajstić information content (AvgIpc) is 2.64. The van der Waals surface area contributed by atoms with Crippen LogP contribution in [0.15, 0.2) is 0 Å². The second-order valence-corrected chi connectivity index (χ2v) is 6.87. The van der Waals surface area contributed by atoms with Crippen molar-refractivity contribution in [2.24, 2.45) is 5.92 Å². The fraction of sp³-hybridized carbons (Fsp3) is 0.818. The van der Waals surface area contributed by atoms with E-state index >= 15 is 0 Å². The number of carbonyl (C=O) groups excluding carboxylic acids is 1. The third-order valence-electron chi connectivity index (χ3n) is 3.06. The first-order valence-corrected chi connectivity index (χ1v) is 7.91. The number of hydrogen-bond acceptors (Lipinski definition) is 4. The van der Waals surface area contributed by atoms with Crippen LogP contribution in [0.1, 0.15) is 32.6 Å². The minimum atomic E-state index is -3.12. The van der Waals surface area contributed by atoms with E-state index in [4.69, 9.17) is 5.11 Å². The maximum Gasteiger partial charge on any atom is 0.326 e. The first-order valence-electron chi connectivity index (χ1n) is 6.09. The van der Waals surface area contributed by atoms with Crippen molar-refractivity contribution in [3.63, 3.8) is 0 Å². The zero-order valence-corrected chi connectivity index (χ0v) is 11.2. The van der Waals surface area contributed by atoms with E-state index in [0.29, 0.717) is 12.8 Å². The van der Waals surface area contributed by atoms with Gasteiger partial charge in [0.15, 0.2) is 9.84 Å². The maximum absolute atomic E-state index is 11.8. The van der Waals surface area contributed by atoms with Gasteiger partial charge in [-0.2, -0.15) is 0 Å². The molecule has 1 amide bonds. The molecule has 0 aromatic carbocycles. The first kappa shape index (κ1) is 14.9. The monoisotopic (exact) mass is 277 g/mol. The van der Waals surface area contributed by atoms with Crippen molar-refractivity contribution in [2.75, 3.05) is 11.5 Å². The van der Waals surface area contributed by atoms with Crippen LogP contribution in [-0.4, -0.2) is 42.9 Å². The van der Waals surface area contributed by atoms with Gasteiger partial charge in [0.05, 0.1) is 17.4 Å². The summed E-state index contributed by atoms with van der Waals surface area (Å²) < 4.78 is 22.5. The quantitative estimate of drug-likeness (QED) is 0.721. The molecule has 0 aromatic heterocycles. The van der Waals surface area contributed by atoms with Crippen molar-refractivity contribution < 1.29 is 23.1 Å². The average molecular weight is 277 g/mol. The summed E-state index contributed by atoms with van der Waals surface area (Å²) in [6.07, 6.45) is 2.21. The summed E-state index contributed by atoms with van der Waals surface area (Å²) in [7, 11) is -3.12. The van der Waals surface area contributed by atoms with Crippen LogP contribution < -0.4 is 5.32 Å². The number of hydrogen-bond donors (Lipinski definition) is 2. The predicted octanol–water partition coefficient (Wildman–Crippen LogP) is 0.181. The Morgan fingerprint density at radius 3 is 2.56 bits per heavy atom. The molecule has 2 atom stereocenters. The van der Waals surface area contributed by atoms with Gasteiger partial charge in [0.1, 0.15) is 6.04 Å². The van der Waals surface area contributed by atoms with Crippen LogP contribution in [0, 0.1) is 5.92 Å². The Hall–Kier alpha value is -1.11. The standard InChI is InChI=1S/C11H19NO5S/c1-2-3-4-9(11(14)15)12-10(13)8-5-6-18(16,17)7-8/h8-9H,2-7H2,1H3,(H,12,13)(H,14,15)/t8?,9-/m0/s1. The summed E-state index contributed by atoms with van der Waals surface area (Å²) in [6, 6.07) is -0.916. The number of sulfone groups is 1. The maximum atomic E-state index is 11.8. The summed E-state index contributed by atoms with van der Waals surface area (Å²) in [5.74, 6) is -2.28. The van der Waals surface area contributed by atoms with Crippen molar-refractivity contribution in [3.8, 4) is 0 Å². The molecule has 1 unspecified atom stereocenters. The lowest BCUT2D eigenvalue weighted by Crippen LogP contribution is -2.43. The van der Waals surface area contributed by atoms with Gasteiger partial charge in [-0.05, 0) is 12.8 Å². The van der Waals surface area contributed by atoms with Crippen molar-refractivity contribution in [1.29, 1.82) is 0 Å².